The summed E-state index contributed by atoms with van der Waals surface area (Å²) in [4.78, 5) is 75.7. The second-order valence-corrected chi connectivity index (χ2v) is 10.7. The number of carbonyl (C=O) groups is 7. The van der Waals surface area contributed by atoms with E-state index in [0.29, 0.717) is 17.6 Å². The van der Waals surface area contributed by atoms with Gasteiger partial charge in [-0.05, 0) is 20.3 Å². The Hall–Kier alpha value is -5.65. The van der Waals surface area contributed by atoms with Crippen LogP contribution in [0.25, 0.3) is 0 Å². The van der Waals surface area contributed by atoms with E-state index in [4.69, 9.17) is 28.4 Å². The molecule has 0 aromatic carbocycles. The molecule has 0 saturated carbocycles. The lowest BCUT2D eigenvalue weighted by atomic mass is 9.88. The molecule has 0 N–H and O–H groups in total. The van der Waals surface area contributed by atoms with E-state index in [0.717, 1.165) is 30.4 Å². The first-order chi connectivity index (χ1) is 26.6. The van der Waals surface area contributed by atoms with Gasteiger partial charge in [-0.15, -0.1) is 0 Å². The van der Waals surface area contributed by atoms with Crippen molar-refractivity contribution in [2.24, 2.45) is 5.41 Å². The molecule has 0 atom stereocenters. The molecule has 0 bridgehead atoms. The third-order valence-electron chi connectivity index (χ3n) is 6.04. The van der Waals surface area contributed by atoms with Crippen LogP contribution in [0.2, 0.25) is 0 Å². The maximum Gasteiger partial charge on any atom is 0.333 e. The van der Waals surface area contributed by atoms with Crippen LogP contribution in [0.4, 0.5) is 0 Å². The van der Waals surface area contributed by atoms with Crippen LogP contribution in [0.15, 0.2) is 87.6 Å². The maximum atomic E-state index is 11.1. The Labute approximate surface area is 328 Å². The quantitative estimate of drug-likeness (QED) is 0.0460. The predicted octanol–water partition coefficient (Wildman–Crippen LogP) is 3.29. The minimum atomic E-state index is -0.537. The van der Waals surface area contributed by atoms with Gasteiger partial charge >= 0.3 is 41.8 Å². The summed E-state index contributed by atoms with van der Waals surface area (Å²) in [5.74, 6) is -3.61. The van der Waals surface area contributed by atoms with E-state index in [1.165, 1.54) is 0 Å². The Balaban J connectivity index is -0.000000888. The largest absolute Gasteiger partial charge is 0.460 e. The molecule has 0 aromatic heterocycles. The summed E-state index contributed by atoms with van der Waals surface area (Å²) in [6.07, 6.45) is 5.98. The highest BCUT2D eigenvalue weighted by molar-refractivity contribution is 5.87. The highest BCUT2D eigenvalue weighted by atomic mass is 16.6. The van der Waals surface area contributed by atoms with Gasteiger partial charge in [0.1, 0.15) is 46.2 Å². The Bertz CT molecular complexity index is 1190. The third-order valence-corrected chi connectivity index (χ3v) is 6.04. The first kappa shape index (κ1) is 54.7. The topological polar surface area (TPSA) is 212 Å². The van der Waals surface area contributed by atoms with E-state index in [2.05, 4.69) is 65.0 Å². The molecule has 0 aromatic rings. The second kappa shape index (κ2) is 36.3. The van der Waals surface area contributed by atoms with Crippen LogP contribution in [0, 0.1) is 5.41 Å². The maximum absolute atomic E-state index is 11.1. The monoisotopic (exact) mass is 796 g/mol. The van der Waals surface area contributed by atoms with Gasteiger partial charge in [0.15, 0.2) is 0 Å². The smallest absolute Gasteiger partial charge is 0.333 e. The zero-order valence-corrected chi connectivity index (χ0v) is 32.7. The van der Waals surface area contributed by atoms with Crippen molar-refractivity contribution < 1.29 is 80.9 Å². The lowest BCUT2D eigenvalue weighted by Gasteiger charge is -2.32. The van der Waals surface area contributed by atoms with Crippen molar-refractivity contribution in [3.05, 3.63) is 87.6 Å². The highest BCUT2D eigenvalue weighted by Crippen LogP contribution is 2.24. The molecule has 17 nitrogen and oxygen atoms in total. The summed E-state index contributed by atoms with van der Waals surface area (Å²) in [6.45, 7) is 30.1. The molecular weight excluding hydrogens is 740 g/mol. The number of hydrogen-bond acceptors (Lipinski definition) is 17. The summed E-state index contributed by atoms with van der Waals surface area (Å²) in [5.41, 5.74) is 0.139. The van der Waals surface area contributed by atoms with Crippen LogP contribution in [0.3, 0.4) is 0 Å². The second-order valence-electron chi connectivity index (χ2n) is 10.7. The van der Waals surface area contributed by atoms with E-state index in [-0.39, 0.29) is 85.9 Å². The molecule has 0 radical (unpaired) electrons. The van der Waals surface area contributed by atoms with Gasteiger partial charge in [-0.2, -0.15) is 0 Å². The van der Waals surface area contributed by atoms with Gasteiger partial charge in [0.2, 0.25) is 0 Å². The van der Waals surface area contributed by atoms with Crippen LogP contribution < -0.4 is 0 Å². The first-order valence-corrected chi connectivity index (χ1v) is 16.9. The first-order valence-electron chi connectivity index (χ1n) is 16.9. The fourth-order valence-corrected chi connectivity index (χ4v) is 3.00. The highest BCUT2D eigenvalue weighted by Gasteiger charge is 2.30. The molecule has 0 heterocycles. The third kappa shape index (κ3) is 34.1. The van der Waals surface area contributed by atoms with E-state index >= 15 is 0 Å². The average Bonchev–Trinajstić information content (AvgIpc) is 3.19. The van der Waals surface area contributed by atoms with Crippen molar-refractivity contribution >= 4 is 41.8 Å². The standard InChI is InChI=1S/C21H32O9.C10H14O4.C8H10O4/c1-5-18(22)28-12-9-25-15-21(8-4,16-26-10-13-29-19(23)6-2)17-27-11-14-30-20(24)7-3;1-7(2)9(11)13-5-6-14-10(12)8(3)4;1-3-7(9)11-5-6-12-8(10)4-2/h5-7H,1-3,8-17H2,4H3;1,3,5-6H2,2,4H3;3-4H,1-2,5-6H2. The fourth-order valence-electron chi connectivity index (χ4n) is 3.00. The molecule has 0 rings (SSSR count). The molecule has 56 heavy (non-hydrogen) atoms. The summed E-state index contributed by atoms with van der Waals surface area (Å²) >= 11 is 0. The number of hydrogen-bond donors (Lipinski definition) is 0. The van der Waals surface area contributed by atoms with Gasteiger partial charge in [0.25, 0.3) is 0 Å². The number of carbonyl (C=O) groups excluding carboxylic acids is 7. The van der Waals surface area contributed by atoms with E-state index in [9.17, 15) is 33.6 Å². The summed E-state index contributed by atoms with van der Waals surface area (Å²) < 4.78 is 50.0. The normalized spacial score (nSPS) is 9.77. The van der Waals surface area contributed by atoms with Crippen molar-refractivity contribution in [3.63, 3.8) is 0 Å². The zero-order chi connectivity index (χ0) is 43.2. The fraction of sp³-hybridized carbons (Fsp3) is 0.462. The van der Waals surface area contributed by atoms with E-state index in [1.54, 1.807) is 13.8 Å². The number of ether oxygens (including phenoxy) is 10. The van der Waals surface area contributed by atoms with Crippen LogP contribution >= 0.6 is 0 Å². The molecule has 0 unspecified atom stereocenters. The minimum absolute atomic E-state index is 0.0322. The molecule has 0 aliphatic carbocycles. The van der Waals surface area contributed by atoms with Gasteiger partial charge < -0.3 is 47.4 Å². The van der Waals surface area contributed by atoms with Gasteiger partial charge in [0, 0.05) is 46.9 Å². The molecule has 0 saturated heterocycles. The average molecular weight is 797 g/mol. The van der Waals surface area contributed by atoms with Crippen molar-refractivity contribution in [3.8, 4) is 0 Å². The summed E-state index contributed by atoms with van der Waals surface area (Å²) in [5, 5.41) is 0. The van der Waals surface area contributed by atoms with Crippen molar-refractivity contribution in [1.82, 2.24) is 0 Å². The Morgan fingerprint density at radius 1 is 0.411 bits per heavy atom. The Kier molecular flexibility index (Phi) is 35.5. The Morgan fingerprint density at radius 2 is 0.625 bits per heavy atom. The van der Waals surface area contributed by atoms with Crippen LogP contribution in [-0.2, 0) is 80.9 Å². The van der Waals surface area contributed by atoms with Crippen LogP contribution in [0.5, 0.6) is 0 Å². The van der Waals surface area contributed by atoms with Gasteiger partial charge in [-0.1, -0.05) is 53.0 Å². The van der Waals surface area contributed by atoms with Crippen molar-refractivity contribution in [2.75, 3.05) is 85.9 Å². The molecule has 17 heteroatoms. The van der Waals surface area contributed by atoms with Crippen LogP contribution in [-0.4, -0.2) is 128 Å². The van der Waals surface area contributed by atoms with E-state index in [1.807, 2.05) is 6.92 Å². The lowest BCUT2D eigenvalue weighted by Crippen LogP contribution is -2.38. The molecule has 0 fully saturated rings. The molecule has 0 spiro atoms. The Morgan fingerprint density at radius 3 is 0.821 bits per heavy atom. The van der Waals surface area contributed by atoms with Gasteiger partial charge in [-0.25, -0.2) is 33.6 Å². The lowest BCUT2D eigenvalue weighted by molar-refractivity contribution is -0.147. The van der Waals surface area contributed by atoms with Crippen molar-refractivity contribution in [1.29, 1.82) is 0 Å². The molecule has 314 valence electrons. The number of rotatable bonds is 29. The molecule has 0 aliphatic heterocycles. The van der Waals surface area contributed by atoms with Crippen molar-refractivity contribution in [2.45, 2.75) is 27.2 Å². The zero-order valence-electron chi connectivity index (χ0n) is 32.7. The van der Waals surface area contributed by atoms with Gasteiger partial charge in [0.05, 0.1) is 39.6 Å². The summed E-state index contributed by atoms with van der Waals surface area (Å²) in [6, 6.07) is 0. The van der Waals surface area contributed by atoms with E-state index < -0.39 is 47.2 Å². The molecular formula is C39H56O17. The predicted molar refractivity (Wildman–Crippen MR) is 203 cm³/mol. The van der Waals surface area contributed by atoms with Crippen LogP contribution in [0.1, 0.15) is 27.2 Å². The minimum Gasteiger partial charge on any atom is -0.460 e. The summed E-state index contributed by atoms with van der Waals surface area (Å²) in [7, 11) is 0. The van der Waals surface area contributed by atoms with Gasteiger partial charge in [-0.3, -0.25) is 0 Å². The SMILES string of the molecule is C=C(C)C(=O)OCCOC(=O)C(=C)C.C=CC(=O)OCCOC(=O)C=C.C=CC(=O)OCCOCC(CC)(COCCOC(=O)C=C)COCCOC(=O)C=C. The molecule has 0 aliphatic rings. The molecule has 0 amide bonds. The number of esters is 7.